The van der Waals surface area contributed by atoms with E-state index in [-0.39, 0.29) is 11.8 Å². The number of anilines is 1. The summed E-state index contributed by atoms with van der Waals surface area (Å²) < 4.78 is 0. The average molecular weight is 273 g/mol. The number of rotatable bonds is 3. The number of aromatic nitrogens is 1. The molecule has 1 heterocycles. The Hall–Kier alpha value is -2.17. The van der Waals surface area contributed by atoms with Crippen molar-refractivity contribution in [2.24, 2.45) is 17.8 Å². The Morgan fingerprint density at radius 2 is 2.20 bits per heavy atom. The molecular weight excluding hydrogens is 256 g/mol. The van der Waals surface area contributed by atoms with E-state index < -0.39 is 17.8 Å². The van der Waals surface area contributed by atoms with Gasteiger partial charge in [0.15, 0.2) is 0 Å². The van der Waals surface area contributed by atoms with Gasteiger partial charge in [0.2, 0.25) is 5.91 Å². The Balaban J connectivity index is 2.18. The molecule has 20 heavy (non-hydrogen) atoms. The topological polar surface area (TPSA) is 82.1 Å². The van der Waals surface area contributed by atoms with Crippen LogP contribution >= 0.6 is 0 Å². The number of amides is 1. The lowest BCUT2D eigenvalue weighted by Crippen LogP contribution is -2.45. The predicted molar refractivity (Wildman–Crippen MR) is 72.4 cm³/mol. The first-order chi connectivity index (χ1) is 9.49. The molecule has 0 bridgehead atoms. The number of nitrogens with zero attached hydrogens (tertiary/aromatic N) is 1. The molecule has 0 saturated carbocycles. The Morgan fingerprint density at radius 1 is 1.45 bits per heavy atom. The lowest BCUT2D eigenvalue weighted by atomic mass is 9.73. The van der Waals surface area contributed by atoms with Gasteiger partial charge in [-0.25, -0.2) is 0 Å². The zero-order valence-corrected chi connectivity index (χ0v) is 11.5. The molecule has 1 amide bonds. The fourth-order valence-electron chi connectivity index (χ4n) is 2.77. The van der Waals surface area contributed by atoms with Gasteiger partial charge in [0.25, 0.3) is 0 Å². The van der Waals surface area contributed by atoms with Crippen LogP contribution < -0.4 is 10.4 Å². The van der Waals surface area contributed by atoms with E-state index in [1.165, 1.54) is 6.20 Å². The normalized spacial score (nSPS) is 25.7. The summed E-state index contributed by atoms with van der Waals surface area (Å²) in [7, 11) is 0. The molecule has 1 N–H and O–H groups in total. The zero-order valence-electron chi connectivity index (χ0n) is 11.5. The van der Waals surface area contributed by atoms with Crippen molar-refractivity contribution in [3.8, 4) is 0 Å². The quantitative estimate of drug-likeness (QED) is 0.832. The second-order valence-electron chi connectivity index (χ2n) is 5.26. The summed E-state index contributed by atoms with van der Waals surface area (Å²) >= 11 is 0. The predicted octanol–water partition coefficient (Wildman–Crippen LogP) is 0.988. The van der Waals surface area contributed by atoms with Crippen LogP contribution in [0.3, 0.4) is 0 Å². The molecule has 1 aliphatic rings. The number of aliphatic carboxylic acids is 1. The van der Waals surface area contributed by atoms with Gasteiger partial charge in [-0.2, -0.15) is 0 Å². The second-order valence-corrected chi connectivity index (χ2v) is 5.26. The maximum Gasteiger partial charge on any atom is 0.228 e. The third kappa shape index (κ3) is 3.04. The van der Waals surface area contributed by atoms with Crippen LogP contribution in [0.4, 0.5) is 5.69 Å². The summed E-state index contributed by atoms with van der Waals surface area (Å²) in [4.78, 5) is 27.5. The van der Waals surface area contributed by atoms with Gasteiger partial charge in [-0.15, -0.1) is 0 Å². The van der Waals surface area contributed by atoms with Gasteiger partial charge in [-0.1, -0.05) is 18.6 Å². The standard InChI is InChI=1S/C15H18N2O3/c1-9-6-10(2)13(15(19)20)12(7-9)14(18)17-11-4-3-5-16-8-11/h3-6,8,10,12-13H,7H2,1-2H3,(H,17,18)(H,19,20)/p-1/t10-,12+,13-/m1/s1. The van der Waals surface area contributed by atoms with Crippen LogP contribution in [-0.2, 0) is 9.59 Å². The highest BCUT2D eigenvalue weighted by Crippen LogP contribution is 2.34. The van der Waals surface area contributed by atoms with Gasteiger partial charge in [0, 0.05) is 18.1 Å². The van der Waals surface area contributed by atoms with E-state index >= 15 is 0 Å². The minimum atomic E-state index is -1.17. The van der Waals surface area contributed by atoms with E-state index in [2.05, 4.69) is 10.3 Å². The number of nitrogens with one attached hydrogen (secondary N) is 1. The van der Waals surface area contributed by atoms with E-state index in [1.807, 2.05) is 13.0 Å². The molecule has 0 spiro atoms. The third-order valence-corrected chi connectivity index (χ3v) is 3.63. The van der Waals surface area contributed by atoms with E-state index in [9.17, 15) is 14.7 Å². The van der Waals surface area contributed by atoms with Gasteiger partial charge in [-0.3, -0.25) is 9.78 Å². The molecule has 3 atom stereocenters. The van der Waals surface area contributed by atoms with Crippen LogP contribution in [0.1, 0.15) is 20.3 Å². The molecule has 0 fully saturated rings. The van der Waals surface area contributed by atoms with Crippen molar-refractivity contribution in [1.82, 2.24) is 4.98 Å². The summed E-state index contributed by atoms with van der Waals surface area (Å²) in [6.07, 6.45) is 5.47. The van der Waals surface area contributed by atoms with Gasteiger partial charge in [0.1, 0.15) is 0 Å². The Bertz CT molecular complexity index is 539. The largest absolute Gasteiger partial charge is 0.550 e. The van der Waals surface area contributed by atoms with Gasteiger partial charge < -0.3 is 15.2 Å². The van der Waals surface area contributed by atoms with Crippen LogP contribution in [-0.4, -0.2) is 16.9 Å². The first-order valence-corrected chi connectivity index (χ1v) is 6.58. The molecule has 0 unspecified atom stereocenters. The van der Waals surface area contributed by atoms with Crippen LogP contribution in [0.2, 0.25) is 0 Å². The highest BCUT2D eigenvalue weighted by Gasteiger charge is 2.35. The van der Waals surface area contributed by atoms with Crippen molar-refractivity contribution in [2.75, 3.05) is 5.32 Å². The number of carboxylic acids is 1. The molecule has 1 aromatic rings. The van der Waals surface area contributed by atoms with Gasteiger partial charge >= 0.3 is 0 Å². The highest BCUT2D eigenvalue weighted by molar-refractivity contribution is 5.95. The summed E-state index contributed by atoms with van der Waals surface area (Å²) in [5, 5.41) is 14.0. The van der Waals surface area contributed by atoms with Crippen LogP contribution in [0.15, 0.2) is 36.2 Å². The first kappa shape index (κ1) is 14.2. The Morgan fingerprint density at radius 3 is 2.80 bits per heavy atom. The minimum Gasteiger partial charge on any atom is -0.550 e. The third-order valence-electron chi connectivity index (χ3n) is 3.63. The van der Waals surface area contributed by atoms with Crippen molar-refractivity contribution in [3.05, 3.63) is 36.2 Å². The van der Waals surface area contributed by atoms with Crippen molar-refractivity contribution in [2.45, 2.75) is 20.3 Å². The highest BCUT2D eigenvalue weighted by atomic mass is 16.4. The molecule has 5 heteroatoms. The van der Waals surface area contributed by atoms with Gasteiger partial charge in [-0.05, 0) is 31.4 Å². The number of carbonyl (C=O) groups excluding carboxylic acids is 2. The zero-order chi connectivity index (χ0) is 14.7. The van der Waals surface area contributed by atoms with Gasteiger partial charge in [0.05, 0.1) is 17.8 Å². The molecule has 0 saturated heterocycles. The molecule has 5 nitrogen and oxygen atoms in total. The van der Waals surface area contributed by atoms with E-state index in [1.54, 1.807) is 25.3 Å². The molecular formula is C15H17N2O3-. The number of carbonyl (C=O) groups is 2. The number of hydrogen-bond donors (Lipinski definition) is 1. The lowest BCUT2D eigenvalue weighted by Gasteiger charge is -2.34. The smallest absolute Gasteiger partial charge is 0.228 e. The monoisotopic (exact) mass is 273 g/mol. The van der Waals surface area contributed by atoms with Crippen molar-refractivity contribution < 1.29 is 14.7 Å². The number of pyridine rings is 1. The molecule has 2 rings (SSSR count). The maximum absolute atomic E-state index is 12.3. The number of allylic oxidation sites excluding steroid dienone is 2. The number of hydrogen-bond acceptors (Lipinski definition) is 4. The second kappa shape index (κ2) is 5.86. The first-order valence-electron chi connectivity index (χ1n) is 6.58. The van der Waals surface area contributed by atoms with Crippen LogP contribution in [0.25, 0.3) is 0 Å². The van der Waals surface area contributed by atoms with E-state index in [0.29, 0.717) is 12.1 Å². The van der Waals surface area contributed by atoms with Crippen LogP contribution in [0, 0.1) is 17.8 Å². The van der Waals surface area contributed by atoms with Crippen LogP contribution in [0.5, 0.6) is 0 Å². The SMILES string of the molecule is CC1=C[C@@H](C)[C@@H](C(=O)[O-])[C@@H](C(=O)Nc2cccnc2)C1. The molecule has 1 aromatic heterocycles. The van der Waals surface area contributed by atoms with Crippen molar-refractivity contribution in [1.29, 1.82) is 0 Å². The lowest BCUT2D eigenvalue weighted by molar-refractivity contribution is -0.314. The Labute approximate surface area is 117 Å². The average Bonchev–Trinajstić information content (AvgIpc) is 2.38. The van der Waals surface area contributed by atoms with E-state index in [0.717, 1.165) is 5.57 Å². The summed E-state index contributed by atoms with van der Waals surface area (Å²) in [5.74, 6) is -3.09. The summed E-state index contributed by atoms with van der Waals surface area (Å²) in [6, 6.07) is 3.42. The Kier molecular flexibility index (Phi) is 4.17. The summed E-state index contributed by atoms with van der Waals surface area (Å²) in [5.41, 5.74) is 1.59. The van der Waals surface area contributed by atoms with Crippen molar-refractivity contribution in [3.63, 3.8) is 0 Å². The minimum absolute atomic E-state index is 0.210. The molecule has 0 aromatic carbocycles. The fraction of sp³-hybridized carbons (Fsp3) is 0.400. The molecule has 0 aliphatic heterocycles. The maximum atomic E-state index is 12.3. The number of carboxylic acid groups (broad SMARTS) is 1. The fourth-order valence-corrected chi connectivity index (χ4v) is 2.77. The van der Waals surface area contributed by atoms with E-state index in [4.69, 9.17) is 0 Å². The molecule has 1 aliphatic carbocycles. The van der Waals surface area contributed by atoms with Crippen molar-refractivity contribution >= 4 is 17.6 Å². The summed E-state index contributed by atoms with van der Waals surface area (Å²) in [6.45, 7) is 3.71. The molecule has 0 radical (unpaired) electrons. The molecule has 106 valence electrons.